The maximum Gasteiger partial charge on any atom is 0.354 e. The van der Waals surface area contributed by atoms with Gasteiger partial charge in [0.1, 0.15) is 23.6 Å². The first-order valence-corrected chi connectivity index (χ1v) is 12.5. The Bertz CT molecular complexity index is 1620. The Kier molecular flexibility index (Phi) is 8.48. The smallest absolute Gasteiger partial charge is 0.354 e. The molecule has 4 rings (SSSR count). The Morgan fingerprint density at radius 3 is 2.55 bits per heavy atom. The zero-order valence-corrected chi connectivity index (χ0v) is 22.6. The quantitative estimate of drug-likeness (QED) is 0.305. The minimum absolute atomic E-state index is 0.0886. The molecule has 2 heterocycles. The highest BCUT2D eigenvalue weighted by Crippen LogP contribution is 2.28. The van der Waals surface area contributed by atoms with Crippen LogP contribution in [0.15, 0.2) is 60.9 Å². The van der Waals surface area contributed by atoms with Crippen molar-refractivity contribution in [2.75, 3.05) is 18.5 Å². The molecule has 4 aromatic rings. The Hall–Kier alpha value is -5.12. The van der Waals surface area contributed by atoms with E-state index in [1.165, 1.54) is 35.4 Å². The third kappa shape index (κ3) is 6.47. The lowest BCUT2D eigenvalue weighted by atomic mass is 10.0. The molecule has 10 heteroatoms. The summed E-state index contributed by atoms with van der Waals surface area (Å²) in [4.78, 5) is 50.3. The Balaban J connectivity index is 1.40. The number of likely N-dealkylation sites (N-methyl/N-ethyl adjacent to an activating group) is 1. The van der Waals surface area contributed by atoms with Gasteiger partial charge < -0.3 is 20.1 Å². The molecule has 0 bridgehead atoms. The standard InChI is InChI=1S/C30H29N5O5/c1-18-8-12-25(20(3)22(18)17-40-26-7-5-6-23-29(26)34-19(2)14-31-23)35(4)28(37)16-33-27(36)13-10-21-9-11-24(30(38)39)32-15-21/h5-15H,16-17H2,1-4H3,(H,33,36)(H,38,39). The highest BCUT2D eigenvalue weighted by Gasteiger charge is 2.17. The van der Waals surface area contributed by atoms with Gasteiger partial charge >= 0.3 is 5.97 Å². The van der Waals surface area contributed by atoms with Crippen LogP contribution in [-0.4, -0.2) is 51.4 Å². The number of pyridine rings is 1. The molecule has 204 valence electrons. The summed E-state index contributed by atoms with van der Waals surface area (Å²) < 4.78 is 6.17. The highest BCUT2D eigenvalue weighted by molar-refractivity contribution is 5.99. The molecule has 0 aliphatic rings. The molecule has 2 aromatic heterocycles. The minimum Gasteiger partial charge on any atom is -0.487 e. The zero-order valence-electron chi connectivity index (χ0n) is 22.6. The minimum atomic E-state index is -1.13. The first-order valence-electron chi connectivity index (χ1n) is 12.5. The second-order valence-electron chi connectivity index (χ2n) is 9.21. The summed E-state index contributed by atoms with van der Waals surface area (Å²) in [6, 6.07) is 12.3. The molecule has 2 N–H and O–H groups in total. The number of carboxylic acid groups (broad SMARTS) is 1. The van der Waals surface area contributed by atoms with Gasteiger partial charge in [0.2, 0.25) is 11.8 Å². The van der Waals surface area contributed by atoms with Gasteiger partial charge in [0.15, 0.2) is 0 Å². The lowest BCUT2D eigenvalue weighted by molar-refractivity contribution is -0.122. The second-order valence-corrected chi connectivity index (χ2v) is 9.21. The number of nitrogens with zero attached hydrogens (tertiary/aromatic N) is 4. The molecule has 0 radical (unpaired) electrons. The molecule has 2 amide bonds. The van der Waals surface area contributed by atoms with Crippen molar-refractivity contribution in [3.63, 3.8) is 0 Å². The Morgan fingerprint density at radius 1 is 1.02 bits per heavy atom. The molecule has 0 unspecified atom stereocenters. The third-order valence-corrected chi connectivity index (χ3v) is 6.41. The van der Waals surface area contributed by atoms with Crippen molar-refractivity contribution in [2.24, 2.45) is 0 Å². The number of aryl methyl sites for hydroxylation is 2. The Morgan fingerprint density at radius 2 is 1.82 bits per heavy atom. The van der Waals surface area contributed by atoms with Crippen molar-refractivity contribution in [1.29, 1.82) is 0 Å². The predicted octanol–water partition coefficient (Wildman–Crippen LogP) is 4.02. The van der Waals surface area contributed by atoms with Crippen LogP contribution < -0.4 is 15.0 Å². The van der Waals surface area contributed by atoms with Crippen LogP contribution >= 0.6 is 0 Å². The number of nitrogens with one attached hydrogen (secondary N) is 1. The van der Waals surface area contributed by atoms with Gasteiger partial charge in [0.25, 0.3) is 0 Å². The molecular weight excluding hydrogens is 510 g/mol. The molecular formula is C30H29N5O5. The molecule has 0 saturated heterocycles. The summed E-state index contributed by atoms with van der Waals surface area (Å²) in [5.74, 6) is -1.26. The summed E-state index contributed by atoms with van der Waals surface area (Å²) >= 11 is 0. The number of hydrogen-bond donors (Lipinski definition) is 2. The number of hydrogen-bond acceptors (Lipinski definition) is 7. The number of anilines is 1. The molecule has 40 heavy (non-hydrogen) atoms. The molecule has 0 aliphatic carbocycles. The van der Waals surface area contributed by atoms with Gasteiger partial charge in [-0.05, 0) is 73.4 Å². The van der Waals surface area contributed by atoms with Crippen molar-refractivity contribution < 1.29 is 24.2 Å². The van der Waals surface area contributed by atoms with E-state index in [-0.39, 0.29) is 24.8 Å². The van der Waals surface area contributed by atoms with Crippen molar-refractivity contribution in [3.8, 4) is 5.75 Å². The number of benzene rings is 2. The SMILES string of the molecule is Cc1cnc2cccc(OCc3c(C)ccc(N(C)C(=O)CNC(=O)C=Cc4ccc(C(=O)O)nc4)c3C)c2n1. The van der Waals surface area contributed by atoms with Crippen molar-refractivity contribution in [1.82, 2.24) is 20.3 Å². The van der Waals surface area contributed by atoms with Crippen LogP contribution in [-0.2, 0) is 16.2 Å². The number of carbonyl (C=O) groups excluding carboxylic acids is 2. The number of aromatic carboxylic acids is 1. The first kappa shape index (κ1) is 27.9. The fraction of sp³-hybridized carbons (Fsp3) is 0.200. The largest absolute Gasteiger partial charge is 0.487 e. The lowest BCUT2D eigenvalue weighted by Crippen LogP contribution is -2.38. The maximum atomic E-state index is 12.9. The van der Waals surface area contributed by atoms with Gasteiger partial charge in [0.05, 0.1) is 17.8 Å². The van der Waals surface area contributed by atoms with Gasteiger partial charge in [-0.25, -0.2) is 14.8 Å². The summed E-state index contributed by atoms with van der Waals surface area (Å²) in [5, 5.41) is 11.5. The van der Waals surface area contributed by atoms with Crippen LogP contribution in [0.1, 0.15) is 38.4 Å². The molecule has 0 fully saturated rings. The highest BCUT2D eigenvalue weighted by atomic mass is 16.5. The predicted molar refractivity (Wildman–Crippen MR) is 151 cm³/mol. The summed E-state index contributed by atoms with van der Waals surface area (Å²) in [7, 11) is 1.66. The number of para-hydroxylation sites is 1. The number of ether oxygens (including phenoxy) is 1. The van der Waals surface area contributed by atoms with Crippen molar-refractivity contribution in [2.45, 2.75) is 27.4 Å². The third-order valence-electron chi connectivity index (χ3n) is 6.41. The van der Waals surface area contributed by atoms with Gasteiger partial charge in [0, 0.05) is 31.2 Å². The van der Waals surface area contributed by atoms with Crippen LogP contribution in [0.4, 0.5) is 5.69 Å². The van der Waals surface area contributed by atoms with Crippen molar-refractivity contribution >= 4 is 40.6 Å². The van der Waals surface area contributed by atoms with Crippen LogP contribution in [0, 0.1) is 20.8 Å². The van der Waals surface area contributed by atoms with Crippen LogP contribution in [0.5, 0.6) is 5.75 Å². The average Bonchev–Trinajstić information content (AvgIpc) is 2.94. The monoisotopic (exact) mass is 539 g/mol. The first-order chi connectivity index (χ1) is 19.1. The van der Waals surface area contributed by atoms with E-state index in [1.54, 1.807) is 13.2 Å². The van der Waals surface area contributed by atoms with Crippen LogP contribution in [0.3, 0.4) is 0 Å². The van der Waals surface area contributed by atoms with Gasteiger partial charge in [-0.3, -0.25) is 14.6 Å². The van der Waals surface area contributed by atoms with E-state index in [1.807, 2.05) is 51.1 Å². The molecule has 2 aromatic carbocycles. The Labute approximate surface area is 231 Å². The molecule has 0 saturated carbocycles. The number of rotatable bonds is 9. The maximum absolute atomic E-state index is 12.9. The van der Waals surface area contributed by atoms with Gasteiger partial charge in [-0.2, -0.15) is 0 Å². The second kappa shape index (κ2) is 12.2. The number of carbonyl (C=O) groups is 3. The lowest BCUT2D eigenvalue weighted by Gasteiger charge is -2.23. The fourth-order valence-corrected chi connectivity index (χ4v) is 4.10. The van der Waals surface area contributed by atoms with E-state index < -0.39 is 11.9 Å². The van der Waals surface area contributed by atoms with Crippen LogP contribution in [0.25, 0.3) is 17.1 Å². The summed E-state index contributed by atoms with van der Waals surface area (Å²) in [6.45, 7) is 5.88. The van der Waals surface area contributed by atoms with E-state index in [2.05, 4.69) is 20.3 Å². The normalized spacial score (nSPS) is 11.0. The number of fused-ring (bicyclic) bond motifs is 1. The number of amides is 2. The number of carboxylic acids is 1. The van der Waals surface area contributed by atoms with E-state index >= 15 is 0 Å². The molecule has 0 aliphatic heterocycles. The topological polar surface area (TPSA) is 135 Å². The van der Waals surface area contributed by atoms with Gasteiger partial charge in [-0.1, -0.05) is 18.2 Å². The molecule has 0 spiro atoms. The average molecular weight is 540 g/mol. The summed E-state index contributed by atoms with van der Waals surface area (Å²) in [5.41, 5.74) is 6.28. The van der Waals surface area contributed by atoms with Gasteiger partial charge in [-0.15, -0.1) is 0 Å². The van der Waals surface area contributed by atoms with E-state index in [4.69, 9.17) is 9.84 Å². The van der Waals surface area contributed by atoms with E-state index in [0.717, 1.165) is 27.9 Å². The molecule has 10 nitrogen and oxygen atoms in total. The van der Waals surface area contributed by atoms with Crippen LogP contribution in [0.2, 0.25) is 0 Å². The fourth-order valence-electron chi connectivity index (χ4n) is 4.10. The summed E-state index contributed by atoms with van der Waals surface area (Å²) in [6.07, 6.45) is 5.81. The zero-order chi connectivity index (χ0) is 28.8. The number of aromatic nitrogens is 3. The van der Waals surface area contributed by atoms with E-state index in [9.17, 15) is 14.4 Å². The van der Waals surface area contributed by atoms with E-state index in [0.29, 0.717) is 22.5 Å². The van der Waals surface area contributed by atoms with Crippen molar-refractivity contribution in [3.05, 3.63) is 94.6 Å². The molecule has 0 atom stereocenters.